The molecule has 0 bridgehead atoms. The Balaban J connectivity index is 2.26. The standard InChI is InChI=1S/C14H14N2O/c1-2-7-16-12-6-4-3-5-11(12)8-13(16)14-9-15-10-17-14/h3-6,8-10H,2,7H2,1H3. The fourth-order valence-electron chi connectivity index (χ4n) is 2.22. The highest BCUT2D eigenvalue weighted by molar-refractivity contribution is 5.86. The van der Waals surface area contributed by atoms with Crippen molar-refractivity contribution in [3.63, 3.8) is 0 Å². The second-order valence-corrected chi connectivity index (χ2v) is 4.11. The first kappa shape index (κ1) is 10.1. The molecule has 2 aromatic heterocycles. The minimum absolute atomic E-state index is 0.828. The molecule has 0 aliphatic heterocycles. The van der Waals surface area contributed by atoms with E-state index in [0.29, 0.717) is 0 Å². The number of hydrogen-bond acceptors (Lipinski definition) is 2. The lowest BCUT2D eigenvalue weighted by Gasteiger charge is -2.06. The fraction of sp³-hybridized carbons (Fsp3) is 0.214. The second kappa shape index (κ2) is 4.09. The quantitative estimate of drug-likeness (QED) is 0.681. The number of rotatable bonds is 3. The molecule has 1 aromatic carbocycles. The number of para-hydroxylation sites is 1. The van der Waals surface area contributed by atoms with Gasteiger partial charge in [0.05, 0.1) is 11.9 Å². The molecule has 0 unspecified atom stereocenters. The molecule has 2 heterocycles. The molecule has 0 saturated carbocycles. The van der Waals surface area contributed by atoms with E-state index < -0.39 is 0 Å². The molecule has 17 heavy (non-hydrogen) atoms. The summed E-state index contributed by atoms with van der Waals surface area (Å²) in [5.41, 5.74) is 2.35. The third-order valence-electron chi connectivity index (χ3n) is 2.94. The third kappa shape index (κ3) is 1.64. The van der Waals surface area contributed by atoms with Crippen molar-refractivity contribution in [1.29, 1.82) is 0 Å². The van der Waals surface area contributed by atoms with Crippen molar-refractivity contribution < 1.29 is 4.42 Å². The van der Waals surface area contributed by atoms with Crippen molar-refractivity contribution in [2.45, 2.75) is 19.9 Å². The maximum Gasteiger partial charge on any atom is 0.181 e. The fourth-order valence-corrected chi connectivity index (χ4v) is 2.22. The number of aromatic nitrogens is 2. The van der Waals surface area contributed by atoms with E-state index in [1.54, 1.807) is 6.20 Å². The zero-order valence-electron chi connectivity index (χ0n) is 9.76. The Bertz CT molecular complexity index is 623. The van der Waals surface area contributed by atoms with Crippen LogP contribution >= 0.6 is 0 Å². The average Bonchev–Trinajstić information content (AvgIpc) is 2.97. The van der Waals surface area contributed by atoms with Crippen LogP contribution in [0.3, 0.4) is 0 Å². The van der Waals surface area contributed by atoms with Gasteiger partial charge in [-0.3, -0.25) is 0 Å². The lowest BCUT2D eigenvalue weighted by atomic mass is 10.2. The molecule has 86 valence electrons. The Hall–Kier alpha value is -2.03. The van der Waals surface area contributed by atoms with Crippen LogP contribution in [-0.2, 0) is 6.54 Å². The van der Waals surface area contributed by atoms with E-state index in [2.05, 4.69) is 46.8 Å². The summed E-state index contributed by atoms with van der Waals surface area (Å²) in [6.45, 7) is 3.17. The van der Waals surface area contributed by atoms with Gasteiger partial charge in [0.25, 0.3) is 0 Å². The summed E-state index contributed by atoms with van der Waals surface area (Å²) in [4.78, 5) is 3.99. The molecular weight excluding hydrogens is 212 g/mol. The molecule has 0 fully saturated rings. The lowest BCUT2D eigenvalue weighted by Crippen LogP contribution is -1.98. The first-order chi connectivity index (χ1) is 8.40. The van der Waals surface area contributed by atoms with Crippen LogP contribution in [0.15, 0.2) is 47.3 Å². The van der Waals surface area contributed by atoms with E-state index in [1.165, 1.54) is 17.3 Å². The van der Waals surface area contributed by atoms with Crippen molar-refractivity contribution in [3.8, 4) is 11.5 Å². The maximum atomic E-state index is 5.40. The minimum Gasteiger partial charge on any atom is -0.442 e. The highest BCUT2D eigenvalue weighted by Gasteiger charge is 2.11. The van der Waals surface area contributed by atoms with Crippen LogP contribution in [0.25, 0.3) is 22.4 Å². The molecule has 0 radical (unpaired) electrons. The summed E-state index contributed by atoms with van der Waals surface area (Å²) >= 11 is 0. The average molecular weight is 226 g/mol. The normalized spacial score (nSPS) is 11.1. The zero-order chi connectivity index (χ0) is 11.7. The Labute approximate surface area is 99.7 Å². The Morgan fingerprint density at radius 2 is 2.18 bits per heavy atom. The summed E-state index contributed by atoms with van der Waals surface area (Å²) in [6, 6.07) is 10.6. The summed E-state index contributed by atoms with van der Waals surface area (Å²) in [5, 5.41) is 1.24. The highest BCUT2D eigenvalue weighted by atomic mass is 16.3. The van der Waals surface area contributed by atoms with E-state index in [1.807, 2.05) is 0 Å². The molecule has 0 N–H and O–H groups in total. The van der Waals surface area contributed by atoms with Crippen molar-refractivity contribution in [2.24, 2.45) is 0 Å². The number of benzene rings is 1. The van der Waals surface area contributed by atoms with Gasteiger partial charge in [-0.05, 0) is 18.6 Å². The van der Waals surface area contributed by atoms with Crippen molar-refractivity contribution in [2.75, 3.05) is 0 Å². The van der Waals surface area contributed by atoms with Gasteiger partial charge in [0.2, 0.25) is 0 Å². The van der Waals surface area contributed by atoms with Gasteiger partial charge in [-0.1, -0.05) is 25.1 Å². The van der Waals surface area contributed by atoms with Crippen LogP contribution < -0.4 is 0 Å². The van der Waals surface area contributed by atoms with Crippen LogP contribution in [-0.4, -0.2) is 9.55 Å². The van der Waals surface area contributed by atoms with Gasteiger partial charge < -0.3 is 8.98 Å². The molecule has 0 saturated heterocycles. The topological polar surface area (TPSA) is 31.0 Å². The van der Waals surface area contributed by atoms with E-state index in [0.717, 1.165) is 24.4 Å². The van der Waals surface area contributed by atoms with Gasteiger partial charge >= 0.3 is 0 Å². The SMILES string of the molecule is CCCn1c(-c2cnco2)cc2ccccc21. The molecule has 0 spiro atoms. The van der Waals surface area contributed by atoms with Crippen molar-refractivity contribution in [1.82, 2.24) is 9.55 Å². The maximum absolute atomic E-state index is 5.40. The largest absolute Gasteiger partial charge is 0.442 e. The third-order valence-corrected chi connectivity index (χ3v) is 2.94. The highest BCUT2D eigenvalue weighted by Crippen LogP contribution is 2.28. The van der Waals surface area contributed by atoms with Gasteiger partial charge in [0, 0.05) is 17.4 Å². The Morgan fingerprint density at radius 3 is 2.94 bits per heavy atom. The number of nitrogens with zero attached hydrogens (tertiary/aromatic N) is 2. The van der Waals surface area contributed by atoms with Crippen LogP contribution in [0, 0.1) is 0 Å². The predicted molar refractivity (Wildman–Crippen MR) is 67.7 cm³/mol. The summed E-state index contributed by atoms with van der Waals surface area (Å²) in [7, 11) is 0. The van der Waals surface area contributed by atoms with Crippen LogP contribution in [0.2, 0.25) is 0 Å². The first-order valence-electron chi connectivity index (χ1n) is 5.87. The number of fused-ring (bicyclic) bond motifs is 1. The summed E-state index contributed by atoms with van der Waals surface area (Å²) in [5.74, 6) is 0.828. The molecule has 3 rings (SSSR count). The predicted octanol–water partition coefficient (Wildman–Crippen LogP) is 3.71. The van der Waals surface area contributed by atoms with Gasteiger partial charge in [-0.2, -0.15) is 0 Å². The van der Waals surface area contributed by atoms with Gasteiger partial charge in [-0.15, -0.1) is 0 Å². The van der Waals surface area contributed by atoms with E-state index in [-0.39, 0.29) is 0 Å². The van der Waals surface area contributed by atoms with Crippen LogP contribution in [0.1, 0.15) is 13.3 Å². The molecule has 3 nitrogen and oxygen atoms in total. The molecule has 0 aliphatic carbocycles. The number of hydrogen-bond donors (Lipinski definition) is 0. The smallest absolute Gasteiger partial charge is 0.181 e. The zero-order valence-corrected chi connectivity index (χ0v) is 9.76. The second-order valence-electron chi connectivity index (χ2n) is 4.11. The number of oxazole rings is 1. The Morgan fingerprint density at radius 1 is 1.29 bits per heavy atom. The molecule has 3 aromatic rings. The van der Waals surface area contributed by atoms with Gasteiger partial charge in [-0.25, -0.2) is 4.98 Å². The first-order valence-corrected chi connectivity index (χ1v) is 5.87. The molecular formula is C14H14N2O. The molecule has 3 heteroatoms. The van der Waals surface area contributed by atoms with Crippen molar-refractivity contribution >= 4 is 10.9 Å². The van der Waals surface area contributed by atoms with Crippen molar-refractivity contribution in [3.05, 3.63) is 42.9 Å². The minimum atomic E-state index is 0.828. The van der Waals surface area contributed by atoms with E-state index in [4.69, 9.17) is 4.42 Å². The lowest BCUT2D eigenvalue weighted by molar-refractivity contribution is 0.563. The molecule has 0 amide bonds. The number of aryl methyl sites for hydroxylation is 1. The van der Waals surface area contributed by atoms with E-state index in [9.17, 15) is 0 Å². The Kier molecular flexibility index (Phi) is 2.44. The summed E-state index contributed by atoms with van der Waals surface area (Å²) < 4.78 is 7.69. The molecule has 0 atom stereocenters. The van der Waals surface area contributed by atoms with Gasteiger partial charge in [0.15, 0.2) is 12.2 Å². The van der Waals surface area contributed by atoms with Crippen LogP contribution in [0.4, 0.5) is 0 Å². The van der Waals surface area contributed by atoms with Crippen LogP contribution in [0.5, 0.6) is 0 Å². The van der Waals surface area contributed by atoms with Gasteiger partial charge in [0.1, 0.15) is 0 Å². The molecule has 0 aliphatic rings. The monoisotopic (exact) mass is 226 g/mol. The van der Waals surface area contributed by atoms with E-state index >= 15 is 0 Å². The summed E-state index contributed by atoms with van der Waals surface area (Å²) in [6.07, 6.45) is 4.34.